The Bertz CT molecular complexity index is 552. The van der Waals surface area contributed by atoms with Crippen molar-refractivity contribution in [3.05, 3.63) is 32.4 Å². The van der Waals surface area contributed by atoms with E-state index >= 15 is 0 Å². The molecule has 0 spiro atoms. The molecule has 3 nitrogen and oxygen atoms in total. The van der Waals surface area contributed by atoms with Crippen molar-refractivity contribution in [2.45, 2.75) is 83.3 Å². The van der Waals surface area contributed by atoms with Crippen LogP contribution in [-0.4, -0.2) is 34.1 Å². The predicted molar refractivity (Wildman–Crippen MR) is 117 cm³/mol. The molecule has 0 radical (unpaired) electrons. The minimum Gasteiger partial charge on any atom is -0.396 e. The second-order valence-electron chi connectivity index (χ2n) is 7.86. The second kappa shape index (κ2) is 12.4. The molecule has 154 valence electrons. The zero-order chi connectivity index (χ0) is 19.6. The Hall–Kier alpha value is -0.200. The van der Waals surface area contributed by atoms with Crippen LogP contribution in [0.25, 0.3) is 0 Å². The molecular weight excluding hydrogens is 424 g/mol. The Morgan fingerprint density at radius 1 is 1.22 bits per heavy atom. The Labute approximate surface area is 176 Å². The fraction of sp³-hybridized carbons (Fsp3) is 0.727. The Balaban J connectivity index is 1.72. The van der Waals surface area contributed by atoms with Crippen LogP contribution in [0.15, 0.2) is 22.7 Å². The summed E-state index contributed by atoms with van der Waals surface area (Å²) in [6.45, 7) is 2.40. The summed E-state index contributed by atoms with van der Waals surface area (Å²) in [7, 11) is 0. The summed E-state index contributed by atoms with van der Waals surface area (Å²) in [4.78, 5) is 2.59. The van der Waals surface area contributed by atoms with E-state index in [4.69, 9.17) is 5.11 Å². The fourth-order valence-corrected chi connectivity index (χ4v) is 5.66. The maximum absolute atomic E-state index is 10.3. The van der Waals surface area contributed by atoms with Gasteiger partial charge in [-0.05, 0) is 79.3 Å². The van der Waals surface area contributed by atoms with Crippen molar-refractivity contribution in [3.8, 4) is 0 Å². The van der Waals surface area contributed by atoms with E-state index in [1.54, 1.807) is 11.3 Å². The number of unbranched alkanes of at least 4 members (excludes halogenated alkanes) is 4. The van der Waals surface area contributed by atoms with Gasteiger partial charge in [0.25, 0.3) is 0 Å². The molecule has 1 aromatic rings. The summed E-state index contributed by atoms with van der Waals surface area (Å²) in [5.74, 6) is 0.729. The monoisotopic (exact) mass is 458 g/mol. The number of thiophene rings is 1. The maximum Gasteiger partial charge on any atom is 0.0724 e. The van der Waals surface area contributed by atoms with Crippen LogP contribution in [0.5, 0.6) is 0 Å². The molecule has 0 aliphatic heterocycles. The topological polar surface area (TPSA) is 60.7 Å². The molecular formula is C22H35BrO3S. The third kappa shape index (κ3) is 7.98. The molecule has 0 saturated heterocycles. The first-order chi connectivity index (χ1) is 13.0. The summed E-state index contributed by atoms with van der Waals surface area (Å²) < 4.78 is 1.16. The van der Waals surface area contributed by atoms with Crippen molar-refractivity contribution in [2.24, 2.45) is 11.8 Å². The molecule has 1 aliphatic carbocycles. The first-order valence-electron chi connectivity index (χ1n) is 10.4. The van der Waals surface area contributed by atoms with Gasteiger partial charge in [-0.25, -0.2) is 0 Å². The highest BCUT2D eigenvalue weighted by atomic mass is 79.9. The number of aliphatic hydroxyl groups excluding tert-OH is 3. The first-order valence-corrected chi connectivity index (χ1v) is 12.0. The van der Waals surface area contributed by atoms with Gasteiger partial charge < -0.3 is 15.3 Å². The number of aliphatic hydroxyl groups is 3. The van der Waals surface area contributed by atoms with E-state index in [0.717, 1.165) is 55.8 Å². The van der Waals surface area contributed by atoms with Crippen molar-refractivity contribution in [3.63, 3.8) is 0 Å². The van der Waals surface area contributed by atoms with E-state index in [-0.39, 0.29) is 6.10 Å². The quantitative estimate of drug-likeness (QED) is 0.290. The van der Waals surface area contributed by atoms with Gasteiger partial charge in [0.2, 0.25) is 0 Å². The fourth-order valence-electron chi connectivity index (χ4n) is 4.04. The van der Waals surface area contributed by atoms with Gasteiger partial charge in [0.05, 0.1) is 12.2 Å². The molecule has 1 unspecified atom stereocenters. The molecule has 1 saturated carbocycles. The molecule has 1 heterocycles. The lowest BCUT2D eigenvalue weighted by Crippen LogP contribution is -2.18. The third-order valence-electron chi connectivity index (χ3n) is 5.71. The minimum atomic E-state index is -0.414. The highest BCUT2D eigenvalue weighted by molar-refractivity contribution is 9.10. The molecule has 1 aromatic heterocycles. The molecule has 1 aliphatic rings. The molecule has 27 heavy (non-hydrogen) atoms. The molecule has 0 aromatic carbocycles. The Kier molecular flexibility index (Phi) is 10.6. The van der Waals surface area contributed by atoms with Crippen LogP contribution >= 0.6 is 27.3 Å². The lowest BCUT2D eigenvalue weighted by atomic mass is 9.88. The number of halogens is 1. The summed E-state index contributed by atoms with van der Waals surface area (Å²) in [5.41, 5.74) is 0. The van der Waals surface area contributed by atoms with Crippen LogP contribution in [0.2, 0.25) is 0 Å². The second-order valence-corrected chi connectivity index (χ2v) is 10.1. The Morgan fingerprint density at radius 2 is 1.96 bits per heavy atom. The average molecular weight is 459 g/mol. The largest absolute Gasteiger partial charge is 0.396 e. The molecule has 5 heteroatoms. The number of rotatable bonds is 12. The molecule has 0 amide bonds. The van der Waals surface area contributed by atoms with E-state index in [2.05, 4.69) is 35.0 Å². The number of hydrogen-bond acceptors (Lipinski definition) is 4. The summed E-state index contributed by atoms with van der Waals surface area (Å²) in [6.07, 6.45) is 13.6. The number of hydrogen-bond donors (Lipinski definition) is 3. The molecule has 0 bridgehead atoms. The van der Waals surface area contributed by atoms with Crippen molar-refractivity contribution >= 4 is 27.3 Å². The van der Waals surface area contributed by atoms with E-state index in [0.29, 0.717) is 18.4 Å². The summed E-state index contributed by atoms with van der Waals surface area (Å²) >= 11 is 5.34. The van der Waals surface area contributed by atoms with Crippen LogP contribution in [-0.2, 0) is 6.42 Å². The van der Waals surface area contributed by atoms with Gasteiger partial charge in [0, 0.05) is 20.8 Å². The van der Waals surface area contributed by atoms with E-state index in [1.165, 1.54) is 22.6 Å². The van der Waals surface area contributed by atoms with Gasteiger partial charge in [-0.15, -0.1) is 11.3 Å². The lowest BCUT2D eigenvalue weighted by molar-refractivity contribution is 0.116. The predicted octanol–water partition coefficient (Wildman–Crippen LogP) is 5.39. The lowest BCUT2D eigenvalue weighted by Gasteiger charge is -2.20. The maximum atomic E-state index is 10.3. The molecule has 2 rings (SSSR count). The zero-order valence-electron chi connectivity index (χ0n) is 16.4. The van der Waals surface area contributed by atoms with Gasteiger partial charge in [-0.2, -0.15) is 0 Å². The normalized spacial score (nSPS) is 24.1. The SMILES string of the molecule is Cc1sc(CC[C@H](O)C=C[C@H]2CCC(O)[C@@H]2CCCCCCCO)cc1Br. The average Bonchev–Trinajstić information content (AvgIpc) is 3.16. The van der Waals surface area contributed by atoms with Crippen molar-refractivity contribution < 1.29 is 15.3 Å². The van der Waals surface area contributed by atoms with Crippen LogP contribution < -0.4 is 0 Å². The smallest absolute Gasteiger partial charge is 0.0724 e. The summed E-state index contributed by atoms with van der Waals surface area (Å²) in [5, 5.41) is 29.5. The summed E-state index contributed by atoms with van der Waals surface area (Å²) in [6, 6.07) is 2.15. The highest BCUT2D eigenvalue weighted by Crippen LogP contribution is 2.37. The first kappa shape index (κ1) is 23.1. The van der Waals surface area contributed by atoms with Gasteiger partial charge in [0.15, 0.2) is 0 Å². The van der Waals surface area contributed by atoms with Crippen LogP contribution in [0, 0.1) is 18.8 Å². The van der Waals surface area contributed by atoms with E-state index in [9.17, 15) is 10.2 Å². The van der Waals surface area contributed by atoms with E-state index < -0.39 is 6.10 Å². The zero-order valence-corrected chi connectivity index (χ0v) is 18.8. The molecule has 4 atom stereocenters. The van der Waals surface area contributed by atoms with Crippen LogP contribution in [0.1, 0.15) is 67.5 Å². The molecule has 1 fully saturated rings. The van der Waals surface area contributed by atoms with E-state index in [1.807, 2.05) is 6.08 Å². The van der Waals surface area contributed by atoms with Gasteiger partial charge in [-0.1, -0.05) is 37.8 Å². The van der Waals surface area contributed by atoms with Crippen LogP contribution in [0.4, 0.5) is 0 Å². The van der Waals surface area contributed by atoms with Crippen molar-refractivity contribution in [2.75, 3.05) is 6.61 Å². The standard InChI is InChI=1S/C22H35BrO3S/c1-16-21(23)15-19(27-16)12-11-18(25)10-8-17-9-13-22(26)20(17)7-5-3-2-4-6-14-24/h8,10,15,17-18,20,22,24-26H,2-7,9,11-14H2,1H3/t17-,18+,20+,22?/m0/s1. The van der Waals surface area contributed by atoms with Gasteiger partial charge in [-0.3, -0.25) is 0 Å². The minimum absolute atomic E-state index is 0.194. The Morgan fingerprint density at radius 3 is 2.67 bits per heavy atom. The van der Waals surface area contributed by atoms with Gasteiger partial charge in [0.1, 0.15) is 0 Å². The number of aryl methyl sites for hydroxylation is 2. The highest BCUT2D eigenvalue weighted by Gasteiger charge is 2.32. The van der Waals surface area contributed by atoms with Gasteiger partial charge >= 0.3 is 0 Å². The molecule has 3 N–H and O–H groups in total. The number of allylic oxidation sites excluding steroid dienone is 1. The third-order valence-corrected chi connectivity index (χ3v) is 7.91. The van der Waals surface area contributed by atoms with Crippen molar-refractivity contribution in [1.82, 2.24) is 0 Å². The van der Waals surface area contributed by atoms with Crippen LogP contribution in [0.3, 0.4) is 0 Å². The van der Waals surface area contributed by atoms with Crippen molar-refractivity contribution in [1.29, 1.82) is 0 Å².